The normalized spacial score (nSPS) is 19.5. The van der Waals surface area contributed by atoms with Crippen molar-refractivity contribution >= 4 is 41.6 Å². The monoisotopic (exact) mass is 554 g/mol. The van der Waals surface area contributed by atoms with Crippen LogP contribution in [0.3, 0.4) is 0 Å². The number of nitrogen functional groups attached to an aromatic ring is 1. The van der Waals surface area contributed by atoms with Crippen molar-refractivity contribution in [1.82, 2.24) is 24.6 Å². The lowest BCUT2D eigenvalue weighted by Crippen LogP contribution is -2.37. The number of rotatable bonds is 10. The zero-order valence-corrected chi connectivity index (χ0v) is 22.7. The second kappa shape index (κ2) is 10.8. The van der Waals surface area contributed by atoms with Crippen LogP contribution in [-0.2, 0) is 18.6 Å². The van der Waals surface area contributed by atoms with Gasteiger partial charge in [-0.2, -0.15) is 15.1 Å². The summed E-state index contributed by atoms with van der Waals surface area (Å²) in [4.78, 5) is 24.6. The van der Waals surface area contributed by atoms with Gasteiger partial charge < -0.3 is 24.7 Å². The molecule has 5 rings (SSSR count). The van der Waals surface area contributed by atoms with Gasteiger partial charge in [0.2, 0.25) is 11.8 Å². The smallest absolute Gasteiger partial charge is 0.459 e. The van der Waals surface area contributed by atoms with Crippen LogP contribution < -0.4 is 15.3 Å². The van der Waals surface area contributed by atoms with Crippen molar-refractivity contribution in [3.05, 3.63) is 48.8 Å². The van der Waals surface area contributed by atoms with E-state index in [-0.39, 0.29) is 42.0 Å². The van der Waals surface area contributed by atoms with Crippen LogP contribution in [0.15, 0.2) is 48.8 Å². The second-order valence-electron chi connectivity index (χ2n) is 9.92. The molecule has 4 aromatic rings. The number of esters is 1. The van der Waals surface area contributed by atoms with Gasteiger partial charge in [-0.1, -0.05) is 36.4 Å². The van der Waals surface area contributed by atoms with Crippen molar-refractivity contribution in [3.8, 4) is 11.6 Å². The quantitative estimate of drug-likeness (QED) is 0.189. The van der Waals surface area contributed by atoms with E-state index < -0.39 is 19.8 Å². The Hall–Kier alpha value is -3.73. The minimum absolute atomic E-state index is 0.0383. The molecule has 1 aliphatic carbocycles. The molecule has 1 aliphatic rings. The van der Waals surface area contributed by atoms with E-state index in [9.17, 15) is 14.5 Å². The Morgan fingerprint density at radius 2 is 1.92 bits per heavy atom. The summed E-state index contributed by atoms with van der Waals surface area (Å²) in [5.74, 6) is -0.427. The summed E-state index contributed by atoms with van der Waals surface area (Å²) >= 11 is 0. The van der Waals surface area contributed by atoms with Crippen molar-refractivity contribution in [2.45, 2.75) is 51.8 Å². The van der Waals surface area contributed by atoms with Crippen molar-refractivity contribution in [1.29, 1.82) is 0 Å². The number of carbonyl (C=O) groups is 1. The maximum Gasteiger partial charge on any atom is 0.459 e. The second-order valence-corrected chi connectivity index (χ2v) is 11.6. The van der Waals surface area contributed by atoms with Gasteiger partial charge in [0.1, 0.15) is 11.8 Å². The van der Waals surface area contributed by atoms with E-state index in [0.717, 1.165) is 10.8 Å². The van der Waals surface area contributed by atoms with Gasteiger partial charge in [0.05, 0.1) is 19.0 Å². The first-order valence-corrected chi connectivity index (χ1v) is 14.3. The van der Waals surface area contributed by atoms with E-state index in [2.05, 4.69) is 20.0 Å². The highest BCUT2D eigenvalue weighted by atomic mass is 31.2. The fourth-order valence-electron chi connectivity index (χ4n) is 4.57. The molecule has 0 amide bonds. The molecule has 0 radical (unpaired) electrons. The molecular formula is C26H31N6O6P. The average molecular weight is 555 g/mol. The van der Waals surface area contributed by atoms with Crippen molar-refractivity contribution in [2.75, 3.05) is 12.3 Å². The van der Waals surface area contributed by atoms with Gasteiger partial charge >= 0.3 is 13.7 Å². The Balaban J connectivity index is 1.30. The number of nitrogens with zero attached hydrogens (tertiary/aromatic N) is 4. The maximum absolute atomic E-state index is 14.0. The first kappa shape index (κ1) is 26.9. The number of anilines is 1. The van der Waals surface area contributed by atoms with Crippen LogP contribution in [0, 0.1) is 5.92 Å². The molecule has 0 aliphatic heterocycles. The molecule has 1 unspecified atom stereocenters. The van der Waals surface area contributed by atoms with Crippen LogP contribution in [-0.4, -0.2) is 49.3 Å². The predicted octanol–water partition coefficient (Wildman–Crippen LogP) is 4.35. The minimum Gasteiger partial charge on any atom is -0.492 e. The highest BCUT2D eigenvalue weighted by Crippen LogP contribution is 2.49. The number of fused-ring (bicyclic) bond motifs is 2. The molecule has 12 nitrogen and oxygen atoms in total. The summed E-state index contributed by atoms with van der Waals surface area (Å²) in [5.41, 5.74) is 6.43. The van der Waals surface area contributed by atoms with Crippen molar-refractivity contribution in [3.63, 3.8) is 0 Å². The molecule has 2 atom stereocenters. The number of nitrogens with one attached hydrogen (secondary N) is 1. The van der Waals surface area contributed by atoms with Gasteiger partial charge in [-0.15, -0.1) is 0 Å². The van der Waals surface area contributed by atoms with Crippen molar-refractivity contribution < 1.29 is 28.3 Å². The standard InChI is InChI=1S/C26H31N6O6P/c1-15(2)37-25(34)16(3)31-39(35,38-21-10-6-8-18-7-4-5-9-20(18)21)36-13-17-11-19(12-17)32-14-28-22-23(32)29-26(27)30-24(22)33/h4-10,14-17,19H,11-13H2,1-3H3,(H,31,35)(H3,27,29,30,33)/t16-,17-,19+,39?/m0/s1. The van der Waals surface area contributed by atoms with Gasteiger partial charge in [0.25, 0.3) is 0 Å². The third-order valence-corrected chi connectivity index (χ3v) is 8.16. The van der Waals surface area contributed by atoms with E-state index in [4.69, 9.17) is 19.5 Å². The summed E-state index contributed by atoms with van der Waals surface area (Å²) < 4.78 is 33.0. The largest absolute Gasteiger partial charge is 0.492 e. The minimum atomic E-state index is -4.00. The van der Waals surface area contributed by atoms with Crippen LogP contribution in [0.4, 0.5) is 5.95 Å². The number of ether oxygens (including phenoxy) is 1. The number of aromatic nitrogens is 4. The maximum atomic E-state index is 14.0. The Bertz CT molecular complexity index is 1550. The average Bonchev–Trinajstić information content (AvgIpc) is 3.26. The first-order chi connectivity index (χ1) is 18.6. The van der Waals surface area contributed by atoms with Crippen LogP contribution in [0.2, 0.25) is 0 Å². The summed E-state index contributed by atoms with van der Waals surface area (Å²) in [6, 6.07) is 12.1. The lowest BCUT2D eigenvalue weighted by atomic mass is 9.81. The van der Waals surface area contributed by atoms with E-state index in [0.29, 0.717) is 24.2 Å². The summed E-state index contributed by atoms with van der Waals surface area (Å²) in [7, 11) is -4.00. The first-order valence-electron chi connectivity index (χ1n) is 12.7. The predicted molar refractivity (Wildman–Crippen MR) is 145 cm³/mol. The van der Waals surface area contributed by atoms with Gasteiger partial charge in [-0.3, -0.25) is 9.32 Å². The fraction of sp³-hybridized carbons (Fsp3) is 0.385. The molecule has 39 heavy (non-hydrogen) atoms. The Labute approximate surface area is 225 Å². The molecule has 4 N–H and O–H groups in total. The number of imidazole rings is 1. The van der Waals surface area contributed by atoms with Gasteiger partial charge in [0, 0.05) is 11.4 Å². The molecule has 13 heteroatoms. The fourth-order valence-corrected chi connectivity index (χ4v) is 6.16. The molecular weight excluding hydrogens is 523 g/mol. The molecule has 2 aromatic carbocycles. The SMILES string of the molecule is CC(C)OC(=O)[C@H](C)NP(=O)(OC[C@H]1C[C@@H](n2cnc3c(O)nc(N)nc32)C1)Oc1cccc2ccccc12. The molecule has 2 aromatic heterocycles. The van der Waals surface area contributed by atoms with Gasteiger partial charge in [-0.25, -0.2) is 9.55 Å². The number of hydrogen-bond acceptors (Lipinski definition) is 10. The highest BCUT2D eigenvalue weighted by Gasteiger charge is 2.37. The zero-order chi connectivity index (χ0) is 27.7. The Morgan fingerprint density at radius 1 is 1.18 bits per heavy atom. The summed E-state index contributed by atoms with van der Waals surface area (Å²) in [6.45, 7) is 5.17. The topological polar surface area (TPSA) is 164 Å². The zero-order valence-electron chi connectivity index (χ0n) is 21.9. The van der Waals surface area contributed by atoms with Crippen LogP contribution in [0.5, 0.6) is 11.6 Å². The lowest BCUT2D eigenvalue weighted by Gasteiger charge is -2.36. The third kappa shape index (κ3) is 5.83. The molecule has 1 fully saturated rings. The van der Waals surface area contributed by atoms with E-state index in [1.807, 2.05) is 34.9 Å². The molecule has 0 bridgehead atoms. The third-order valence-electron chi connectivity index (χ3n) is 6.53. The van der Waals surface area contributed by atoms with Crippen LogP contribution in [0.25, 0.3) is 21.9 Å². The van der Waals surface area contributed by atoms with Crippen molar-refractivity contribution in [2.24, 2.45) is 5.92 Å². The molecule has 0 spiro atoms. The molecule has 1 saturated carbocycles. The molecule has 2 heterocycles. The number of benzene rings is 2. The number of aromatic hydroxyl groups is 1. The molecule has 206 valence electrons. The number of nitrogens with two attached hydrogens (primary N) is 1. The lowest BCUT2D eigenvalue weighted by molar-refractivity contribution is -0.149. The van der Waals surface area contributed by atoms with Crippen LogP contribution in [0.1, 0.15) is 39.7 Å². The van der Waals surface area contributed by atoms with E-state index in [1.54, 1.807) is 39.2 Å². The van der Waals surface area contributed by atoms with Gasteiger partial charge in [0.15, 0.2) is 11.2 Å². The van der Waals surface area contributed by atoms with E-state index >= 15 is 0 Å². The highest BCUT2D eigenvalue weighted by molar-refractivity contribution is 7.52. The Morgan fingerprint density at radius 3 is 2.69 bits per heavy atom. The van der Waals surface area contributed by atoms with E-state index in [1.165, 1.54) is 0 Å². The van der Waals surface area contributed by atoms with Gasteiger partial charge in [-0.05, 0) is 51.0 Å². The molecule has 0 saturated heterocycles. The summed E-state index contributed by atoms with van der Waals surface area (Å²) in [6.07, 6.45) is 2.65. The number of hydrogen-bond donors (Lipinski definition) is 3. The number of carbonyl (C=O) groups excluding carboxylic acids is 1. The summed E-state index contributed by atoms with van der Waals surface area (Å²) in [5, 5.41) is 14.4. The Kier molecular flexibility index (Phi) is 7.44. The van der Waals surface area contributed by atoms with Crippen LogP contribution >= 0.6 is 7.75 Å².